The lowest BCUT2D eigenvalue weighted by molar-refractivity contribution is -0.323. The average Bonchev–Trinajstić information content (AvgIpc) is 2.53. The molecule has 2 fully saturated rings. The Hall–Kier alpha value is -1.34. The third-order valence-corrected chi connectivity index (χ3v) is 5.05. The minimum Gasteiger partial charge on any atom is -0.550 e. The molecule has 2 aliphatic rings. The molecule has 0 atom stereocenters. The second-order valence-corrected chi connectivity index (χ2v) is 8.28. The Bertz CT molecular complexity index is 461. The fourth-order valence-electron chi connectivity index (χ4n) is 3.51. The van der Waals surface area contributed by atoms with Gasteiger partial charge in [0.25, 0.3) is 0 Å². The first kappa shape index (κ1) is 20.0. The summed E-state index contributed by atoms with van der Waals surface area (Å²) in [4.78, 5) is 25.6. The highest BCUT2D eigenvalue weighted by molar-refractivity contribution is 5.73. The quantitative estimate of drug-likeness (QED) is 0.783. The fraction of sp³-hybridized carbons (Fsp3) is 0.889. The monoisotopic (exact) mass is 355 g/mol. The molecule has 25 heavy (non-hydrogen) atoms. The van der Waals surface area contributed by atoms with Gasteiger partial charge >= 0.3 is 6.09 Å². The molecule has 0 bridgehead atoms. The number of piperidine rings is 1. The number of carboxylic acids is 1. The summed E-state index contributed by atoms with van der Waals surface area (Å²) in [5.41, 5.74) is -1.27. The van der Waals surface area contributed by atoms with E-state index in [-0.39, 0.29) is 6.09 Å². The van der Waals surface area contributed by atoms with Crippen LogP contribution in [-0.4, -0.2) is 62.0 Å². The maximum atomic E-state index is 11.7. The van der Waals surface area contributed by atoms with Gasteiger partial charge in [0.15, 0.2) is 0 Å². The van der Waals surface area contributed by atoms with Crippen LogP contribution in [0.5, 0.6) is 0 Å². The maximum Gasteiger partial charge on any atom is 0.407 e. The van der Waals surface area contributed by atoms with Gasteiger partial charge in [0.05, 0.1) is 0 Å². The molecular formula is C18H31N2O5-. The molecule has 2 saturated heterocycles. The normalized spacial score (nSPS) is 22.4. The van der Waals surface area contributed by atoms with Gasteiger partial charge in [0.2, 0.25) is 0 Å². The topological polar surface area (TPSA) is 90.9 Å². The first-order valence-corrected chi connectivity index (χ1v) is 9.19. The van der Waals surface area contributed by atoms with Gasteiger partial charge in [-0.05, 0) is 65.5 Å². The van der Waals surface area contributed by atoms with Crippen LogP contribution in [-0.2, 0) is 14.3 Å². The van der Waals surface area contributed by atoms with Crippen molar-refractivity contribution in [2.24, 2.45) is 11.3 Å². The number of aliphatic carboxylic acids is 1. The Morgan fingerprint density at radius 3 is 2.36 bits per heavy atom. The van der Waals surface area contributed by atoms with Crippen LogP contribution in [0.4, 0.5) is 4.79 Å². The van der Waals surface area contributed by atoms with Crippen molar-refractivity contribution in [1.29, 1.82) is 0 Å². The maximum absolute atomic E-state index is 11.7. The first-order chi connectivity index (χ1) is 11.7. The summed E-state index contributed by atoms with van der Waals surface area (Å²) in [6.45, 7) is 9.33. The van der Waals surface area contributed by atoms with E-state index in [2.05, 4.69) is 10.2 Å². The number of carbonyl (C=O) groups excluding carboxylic acids is 2. The molecule has 0 radical (unpaired) electrons. The van der Waals surface area contributed by atoms with Gasteiger partial charge in [0.1, 0.15) is 5.60 Å². The Labute approximate surface area is 150 Å². The summed E-state index contributed by atoms with van der Waals surface area (Å²) in [5, 5.41) is 14.5. The van der Waals surface area contributed by atoms with Crippen LogP contribution in [0.3, 0.4) is 0 Å². The molecule has 0 spiro atoms. The van der Waals surface area contributed by atoms with E-state index in [9.17, 15) is 14.7 Å². The predicted molar refractivity (Wildman–Crippen MR) is 90.9 cm³/mol. The summed E-state index contributed by atoms with van der Waals surface area (Å²) in [6.07, 6.45) is 2.54. The lowest BCUT2D eigenvalue weighted by Gasteiger charge is -2.43. The average molecular weight is 355 g/mol. The van der Waals surface area contributed by atoms with E-state index in [0.29, 0.717) is 45.1 Å². The zero-order valence-corrected chi connectivity index (χ0v) is 15.6. The third-order valence-electron chi connectivity index (χ3n) is 5.05. The Morgan fingerprint density at radius 2 is 1.84 bits per heavy atom. The predicted octanol–water partition coefficient (Wildman–Crippen LogP) is 0.770. The fourth-order valence-corrected chi connectivity index (χ4v) is 3.51. The lowest BCUT2D eigenvalue weighted by atomic mass is 9.79. The van der Waals surface area contributed by atoms with E-state index < -0.39 is 17.0 Å². The van der Waals surface area contributed by atoms with Gasteiger partial charge in [-0.1, -0.05) is 0 Å². The molecule has 7 nitrogen and oxygen atoms in total. The highest BCUT2D eigenvalue weighted by Gasteiger charge is 2.36. The molecule has 0 aromatic rings. The van der Waals surface area contributed by atoms with Crippen molar-refractivity contribution in [2.45, 2.75) is 52.1 Å². The molecule has 1 N–H and O–H groups in total. The number of nitrogens with zero attached hydrogens (tertiary/aromatic N) is 1. The molecule has 2 aliphatic heterocycles. The zero-order chi connectivity index (χ0) is 18.5. The molecule has 0 aromatic heterocycles. The molecule has 2 rings (SSSR count). The SMILES string of the molecule is CC(C)(C)OC(=O)NCC1CCN(CC2(C(=O)[O-])CCOCC2)CC1. The Balaban J connectivity index is 1.74. The molecule has 7 heteroatoms. The molecule has 0 unspecified atom stereocenters. The van der Waals surface area contributed by atoms with Crippen molar-refractivity contribution < 1.29 is 24.2 Å². The number of amides is 1. The number of nitrogens with one attached hydrogen (secondary N) is 1. The van der Waals surface area contributed by atoms with Gasteiger partial charge in [0, 0.05) is 37.7 Å². The van der Waals surface area contributed by atoms with Crippen molar-refractivity contribution in [3.8, 4) is 0 Å². The van der Waals surface area contributed by atoms with Crippen LogP contribution in [0.25, 0.3) is 0 Å². The number of rotatable bonds is 5. The number of hydrogen-bond donors (Lipinski definition) is 1. The van der Waals surface area contributed by atoms with E-state index >= 15 is 0 Å². The third kappa shape index (κ3) is 6.15. The summed E-state index contributed by atoms with van der Waals surface area (Å²) >= 11 is 0. The van der Waals surface area contributed by atoms with E-state index in [4.69, 9.17) is 9.47 Å². The molecule has 1 amide bonds. The molecule has 144 valence electrons. The summed E-state index contributed by atoms with van der Waals surface area (Å²) < 4.78 is 10.6. The number of hydrogen-bond acceptors (Lipinski definition) is 6. The van der Waals surface area contributed by atoms with E-state index in [0.717, 1.165) is 25.9 Å². The highest BCUT2D eigenvalue weighted by Crippen LogP contribution is 2.32. The number of ether oxygens (including phenoxy) is 2. The van der Waals surface area contributed by atoms with Crippen LogP contribution in [0.2, 0.25) is 0 Å². The molecule has 0 aromatic carbocycles. The largest absolute Gasteiger partial charge is 0.550 e. The number of carbonyl (C=O) groups is 2. The van der Waals surface area contributed by atoms with E-state index in [1.54, 1.807) is 0 Å². The smallest absolute Gasteiger partial charge is 0.407 e. The van der Waals surface area contributed by atoms with Crippen molar-refractivity contribution in [1.82, 2.24) is 10.2 Å². The van der Waals surface area contributed by atoms with Crippen LogP contribution >= 0.6 is 0 Å². The number of likely N-dealkylation sites (tertiary alicyclic amines) is 1. The second kappa shape index (κ2) is 8.36. The summed E-state index contributed by atoms with van der Waals surface area (Å²) in [7, 11) is 0. The van der Waals surface area contributed by atoms with Crippen molar-refractivity contribution in [3.05, 3.63) is 0 Å². The second-order valence-electron chi connectivity index (χ2n) is 8.28. The first-order valence-electron chi connectivity index (χ1n) is 9.19. The molecular weight excluding hydrogens is 324 g/mol. The van der Waals surface area contributed by atoms with Crippen molar-refractivity contribution in [2.75, 3.05) is 39.4 Å². The lowest BCUT2D eigenvalue weighted by Crippen LogP contribution is -2.53. The van der Waals surface area contributed by atoms with Gasteiger partial charge in [-0.2, -0.15) is 0 Å². The highest BCUT2D eigenvalue weighted by atomic mass is 16.6. The van der Waals surface area contributed by atoms with Gasteiger partial charge < -0.3 is 29.6 Å². The molecule has 2 heterocycles. The summed E-state index contributed by atoms with van der Waals surface area (Å²) in [6, 6.07) is 0. The van der Waals surface area contributed by atoms with Gasteiger partial charge in [-0.25, -0.2) is 4.79 Å². The number of carboxylic acid groups (broad SMARTS) is 1. The van der Waals surface area contributed by atoms with Crippen LogP contribution < -0.4 is 10.4 Å². The van der Waals surface area contributed by atoms with Crippen molar-refractivity contribution in [3.63, 3.8) is 0 Å². The van der Waals surface area contributed by atoms with E-state index in [1.807, 2.05) is 20.8 Å². The Kier molecular flexibility index (Phi) is 6.68. The summed E-state index contributed by atoms with van der Waals surface area (Å²) in [5.74, 6) is -0.554. The minimum atomic E-state index is -0.954. The number of alkyl carbamates (subject to hydrolysis) is 1. The van der Waals surface area contributed by atoms with Crippen LogP contribution in [0.15, 0.2) is 0 Å². The Morgan fingerprint density at radius 1 is 1.24 bits per heavy atom. The standard InChI is InChI=1S/C18H32N2O5/c1-17(2,3)25-16(23)19-12-14-4-8-20(9-5-14)13-18(15(21)22)6-10-24-11-7-18/h14H,4-13H2,1-3H3,(H,19,23)(H,21,22)/p-1. The zero-order valence-electron chi connectivity index (χ0n) is 15.6. The minimum absolute atomic E-state index is 0.381. The molecule has 0 aliphatic carbocycles. The van der Waals surface area contributed by atoms with E-state index in [1.165, 1.54) is 0 Å². The van der Waals surface area contributed by atoms with Crippen LogP contribution in [0.1, 0.15) is 46.5 Å². The van der Waals surface area contributed by atoms with Crippen molar-refractivity contribution >= 4 is 12.1 Å². The van der Waals surface area contributed by atoms with Gasteiger partial charge in [-0.15, -0.1) is 0 Å². The molecule has 0 saturated carbocycles. The van der Waals surface area contributed by atoms with Gasteiger partial charge in [-0.3, -0.25) is 0 Å². The van der Waals surface area contributed by atoms with Crippen LogP contribution in [0, 0.1) is 11.3 Å².